The first kappa shape index (κ1) is 12.4. The highest BCUT2D eigenvalue weighted by Crippen LogP contribution is 2.46. The molecule has 6 heteroatoms. The standard InChI is InChI=1S/C7H13O5P/c1-5-13(9,10-4)12-11-7(8)6(2)3/h2,5H2,1,3-4H3. The summed E-state index contributed by atoms with van der Waals surface area (Å²) in [5.74, 6) is -0.759. The topological polar surface area (TPSA) is 61.8 Å². The van der Waals surface area contributed by atoms with E-state index in [-0.39, 0.29) is 11.7 Å². The first-order chi connectivity index (χ1) is 5.95. The Morgan fingerprint density at radius 3 is 2.38 bits per heavy atom. The minimum atomic E-state index is -3.26. The van der Waals surface area contributed by atoms with Crippen molar-refractivity contribution in [3.63, 3.8) is 0 Å². The zero-order valence-electron chi connectivity index (χ0n) is 7.90. The van der Waals surface area contributed by atoms with Crippen LogP contribution in [0.15, 0.2) is 12.2 Å². The third-order valence-corrected chi connectivity index (χ3v) is 2.87. The predicted molar refractivity (Wildman–Crippen MR) is 47.1 cm³/mol. The molecular weight excluding hydrogens is 195 g/mol. The lowest BCUT2D eigenvalue weighted by Crippen LogP contribution is -2.06. The Labute approximate surface area is 77.1 Å². The van der Waals surface area contributed by atoms with E-state index in [9.17, 15) is 9.36 Å². The van der Waals surface area contributed by atoms with Gasteiger partial charge in [-0.2, -0.15) is 0 Å². The Morgan fingerprint density at radius 1 is 1.54 bits per heavy atom. The maximum Gasteiger partial charge on any atom is 0.368 e. The first-order valence-electron chi connectivity index (χ1n) is 3.66. The van der Waals surface area contributed by atoms with Crippen molar-refractivity contribution in [3.8, 4) is 0 Å². The number of carbonyl (C=O) groups is 1. The Bertz CT molecular complexity index is 239. The SMILES string of the molecule is C=C(C)C(=O)OOP(=O)(CC)OC. The number of hydrogen-bond donors (Lipinski definition) is 0. The average Bonchev–Trinajstić information content (AvgIpc) is 2.13. The van der Waals surface area contributed by atoms with Crippen LogP contribution in [-0.2, 0) is 23.4 Å². The average molecular weight is 208 g/mol. The molecule has 0 aliphatic carbocycles. The molecule has 0 amide bonds. The predicted octanol–water partition coefficient (Wildman–Crippen LogP) is 1.90. The maximum atomic E-state index is 11.3. The Balaban J connectivity index is 4.08. The third kappa shape index (κ3) is 4.22. The lowest BCUT2D eigenvalue weighted by Gasteiger charge is -2.11. The summed E-state index contributed by atoms with van der Waals surface area (Å²) in [6.45, 7) is 6.37. The Kier molecular flexibility index (Phi) is 4.91. The summed E-state index contributed by atoms with van der Waals surface area (Å²) >= 11 is 0. The molecule has 0 heterocycles. The van der Waals surface area contributed by atoms with Crippen molar-refractivity contribution in [2.24, 2.45) is 0 Å². The summed E-state index contributed by atoms with van der Waals surface area (Å²) in [7, 11) is -2.04. The zero-order valence-corrected chi connectivity index (χ0v) is 8.80. The lowest BCUT2D eigenvalue weighted by atomic mass is 10.4. The minimum absolute atomic E-state index is 0.132. The second-order valence-corrected chi connectivity index (χ2v) is 4.70. The fraction of sp³-hybridized carbons (Fsp3) is 0.571. The number of hydrogen-bond acceptors (Lipinski definition) is 5. The highest BCUT2D eigenvalue weighted by Gasteiger charge is 2.23. The quantitative estimate of drug-likeness (QED) is 0.299. The van der Waals surface area contributed by atoms with Crippen molar-refractivity contribution in [2.45, 2.75) is 13.8 Å². The molecule has 0 saturated heterocycles. The molecule has 1 unspecified atom stereocenters. The van der Waals surface area contributed by atoms with Crippen LogP contribution in [0.4, 0.5) is 0 Å². The Morgan fingerprint density at radius 2 is 2.08 bits per heavy atom. The number of carbonyl (C=O) groups excluding carboxylic acids is 1. The van der Waals surface area contributed by atoms with E-state index in [0.29, 0.717) is 0 Å². The van der Waals surface area contributed by atoms with E-state index in [1.54, 1.807) is 6.92 Å². The van der Waals surface area contributed by atoms with Crippen molar-refractivity contribution in [3.05, 3.63) is 12.2 Å². The van der Waals surface area contributed by atoms with Gasteiger partial charge in [0.05, 0.1) is 6.16 Å². The van der Waals surface area contributed by atoms with Gasteiger partial charge in [-0.15, -0.1) is 0 Å². The molecule has 0 aromatic carbocycles. The van der Waals surface area contributed by atoms with Crippen LogP contribution in [0.3, 0.4) is 0 Å². The smallest absolute Gasteiger partial charge is 0.310 e. The third-order valence-electron chi connectivity index (χ3n) is 1.24. The molecule has 13 heavy (non-hydrogen) atoms. The van der Waals surface area contributed by atoms with E-state index >= 15 is 0 Å². The van der Waals surface area contributed by atoms with Crippen LogP contribution in [0.1, 0.15) is 13.8 Å². The van der Waals surface area contributed by atoms with E-state index in [4.69, 9.17) is 0 Å². The molecule has 0 rings (SSSR count). The molecule has 0 aliphatic heterocycles. The van der Waals surface area contributed by atoms with E-state index in [1.165, 1.54) is 14.0 Å². The van der Waals surface area contributed by atoms with Gasteiger partial charge in [-0.05, 0) is 6.92 Å². The molecule has 76 valence electrons. The second kappa shape index (κ2) is 5.17. The van der Waals surface area contributed by atoms with E-state index in [1.807, 2.05) is 0 Å². The second-order valence-electron chi connectivity index (χ2n) is 2.34. The normalized spacial score (nSPS) is 14.7. The van der Waals surface area contributed by atoms with Gasteiger partial charge in [-0.3, -0.25) is 9.45 Å². The van der Waals surface area contributed by atoms with Crippen LogP contribution in [0, 0.1) is 0 Å². The van der Waals surface area contributed by atoms with Gasteiger partial charge in [0.1, 0.15) is 0 Å². The highest BCUT2D eigenvalue weighted by molar-refractivity contribution is 7.53. The van der Waals surface area contributed by atoms with Gasteiger partial charge >= 0.3 is 13.6 Å². The molecule has 0 N–H and O–H groups in total. The van der Waals surface area contributed by atoms with Gasteiger partial charge in [0, 0.05) is 12.7 Å². The lowest BCUT2D eigenvalue weighted by molar-refractivity contribution is -0.212. The van der Waals surface area contributed by atoms with Crippen LogP contribution < -0.4 is 0 Å². The van der Waals surface area contributed by atoms with Crippen molar-refractivity contribution in [1.29, 1.82) is 0 Å². The molecular formula is C7H13O5P. The van der Waals surface area contributed by atoms with Gasteiger partial charge in [-0.25, -0.2) is 4.79 Å². The van der Waals surface area contributed by atoms with Crippen molar-refractivity contribution < 1.29 is 23.4 Å². The van der Waals surface area contributed by atoms with E-state index in [0.717, 1.165) is 0 Å². The number of rotatable bonds is 5. The monoisotopic (exact) mass is 208 g/mol. The maximum absolute atomic E-state index is 11.3. The minimum Gasteiger partial charge on any atom is -0.310 e. The fourth-order valence-electron chi connectivity index (χ4n) is 0.374. The molecule has 1 atom stereocenters. The zero-order chi connectivity index (χ0) is 10.5. The van der Waals surface area contributed by atoms with Gasteiger partial charge < -0.3 is 4.52 Å². The van der Waals surface area contributed by atoms with E-state index in [2.05, 4.69) is 20.7 Å². The van der Waals surface area contributed by atoms with Crippen molar-refractivity contribution >= 4 is 13.6 Å². The first-order valence-corrected chi connectivity index (χ1v) is 5.39. The molecule has 0 spiro atoms. The largest absolute Gasteiger partial charge is 0.368 e. The van der Waals surface area contributed by atoms with Gasteiger partial charge in [0.15, 0.2) is 0 Å². The molecule has 0 bridgehead atoms. The molecule has 0 fully saturated rings. The van der Waals surface area contributed by atoms with Crippen molar-refractivity contribution in [2.75, 3.05) is 13.3 Å². The van der Waals surface area contributed by atoms with Gasteiger partial charge in [0.2, 0.25) is 0 Å². The van der Waals surface area contributed by atoms with E-state index < -0.39 is 13.6 Å². The molecule has 5 nitrogen and oxygen atoms in total. The molecule has 0 aliphatic rings. The Hall–Kier alpha value is -0.640. The molecule has 0 aromatic heterocycles. The molecule has 0 saturated carbocycles. The van der Waals surface area contributed by atoms with Crippen LogP contribution in [0.2, 0.25) is 0 Å². The summed E-state index contributed by atoms with van der Waals surface area (Å²) in [5, 5.41) is 0. The van der Waals surface area contributed by atoms with Crippen LogP contribution in [0.25, 0.3) is 0 Å². The van der Waals surface area contributed by atoms with Crippen LogP contribution in [0.5, 0.6) is 0 Å². The molecule has 0 radical (unpaired) electrons. The highest BCUT2D eigenvalue weighted by atomic mass is 31.2. The summed E-state index contributed by atoms with van der Waals surface area (Å²) in [4.78, 5) is 15.0. The summed E-state index contributed by atoms with van der Waals surface area (Å²) < 4.78 is 20.2. The molecule has 0 aromatic rings. The van der Waals surface area contributed by atoms with Gasteiger partial charge in [-0.1, -0.05) is 18.2 Å². The van der Waals surface area contributed by atoms with Crippen LogP contribution >= 0.6 is 7.60 Å². The van der Waals surface area contributed by atoms with Crippen molar-refractivity contribution in [1.82, 2.24) is 0 Å². The summed E-state index contributed by atoms with van der Waals surface area (Å²) in [6, 6.07) is 0. The summed E-state index contributed by atoms with van der Waals surface area (Å²) in [6.07, 6.45) is 0.132. The van der Waals surface area contributed by atoms with Crippen LogP contribution in [-0.4, -0.2) is 19.2 Å². The van der Waals surface area contributed by atoms with Gasteiger partial charge in [0.25, 0.3) is 0 Å². The fourth-order valence-corrected chi connectivity index (χ4v) is 0.980. The summed E-state index contributed by atoms with van der Waals surface area (Å²) in [5.41, 5.74) is 0.166.